The molecule has 0 aliphatic rings. The summed E-state index contributed by atoms with van der Waals surface area (Å²) in [5.74, 6) is -0.100. The largest absolute Gasteiger partial charge is 0.381 e. The smallest absolute Gasteiger partial charge is 0.251 e. The molecule has 0 heterocycles. The Morgan fingerprint density at radius 3 is 2.67 bits per heavy atom. The van der Waals surface area contributed by atoms with Gasteiger partial charge in [0.15, 0.2) is 0 Å². The normalized spacial score (nSPS) is 10.3. The van der Waals surface area contributed by atoms with Crippen LogP contribution in [0.2, 0.25) is 10.0 Å². The first-order chi connectivity index (χ1) is 10.0. The predicted octanol–water partition coefficient (Wildman–Crippen LogP) is 4.27. The van der Waals surface area contributed by atoms with Gasteiger partial charge < -0.3 is 10.6 Å². The third-order valence-electron chi connectivity index (χ3n) is 3.28. The molecule has 2 rings (SSSR count). The highest BCUT2D eigenvalue weighted by molar-refractivity contribution is 6.33. The summed E-state index contributed by atoms with van der Waals surface area (Å²) in [4.78, 5) is 11.8. The first-order valence-electron chi connectivity index (χ1n) is 6.52. The van der Waals surface area contributed by atoms with Crippen molar-refractivity contribution in [2.75, 3.05) is 12.4 Å². The van der Waals surface area contributed by atoms with E-state index in [0.717, 1.165) is 16.8 Å². The molecule has 2 aromatic carbocycles. The van der Waals surface area contributed by atoms with Crippen LogP contribution in [0, 0.1) is 6.92 Å². The second kappa shape index (κ2) is 6.83. The monoisotopic (exact) mass is 322 g/mol. The summed E-state index contributed by atoms with van der Waals surface area (Å²) in [7, 11) is 1.62. The van der Waals surface area contributed by atoms with Gasteiger partial charge in [-0.15, -0.1) is 0 Å². The van der Waals surface area contributed by atoms with E-state index < -0.39 is 0 Å². The SMILES string of the molecule is CNC(=O)c1cccc(NCc2cc(Cl)ccc2Cl)c1C. The molecule has 2 aromatic rings. The van der Waals surface area contributed by atoms with E-state index in [2.05, 4.69) is 10.6 Å². The van der Waals surface area contributed by atoms with E-state index in [0.29, 0.717) is 22.2 Å². The van der Waals surface area contributed by atoms with Gasteiger partial charge in [-0.1, -0.05) is 29.3 Å². The van der Waals surface area contributed by atoms with Crippen LogP contribution in [0.3, 0.4) is 0 Å². The maximum absolute atomic E-state index is 11.8. The minimum Gasteiger partial charge on any atom is -0.381 e. The average Bonchev–Trinajstić information content (AvgIpc) is 2.48. The van der Waals surface area contributed by atoms with Crippen molar-refractivity contribution >= 4 is 34.8 Å². The van der Waals surface area contributed by atoms with Crippen LogP contribution in [0.15, 0.2) is 36.4 Å². The minimum atomic E-state index is -0.100. The van der Waals surface area contributed by atoms with Crippen LogP contribution in [-0.2, 0) is 6.54 Å². The molecular formula is C16H16Cl2N2O. The molecule has 0 unspecified atom stereocenters. The van der Waals surface area contributed by atoms with Gasteiger partial charge in [-0.25, -0.2) is 0 Å². The van der Waals surface area contributed by atoms with Crippen LogP contribution in [0.4, 0.5) is 5.69 Å². The zero-order valence-electron chi connectivity index (χ0n) is 11.8. The number of hydrogen-bond donors (Lipinski definition) is 2. The molecule has 5 heteroatoms. The van der Waals surface area contributed by atoms with Crippen LogP contribution in [0.5, 0.6) is 0 Å². The van der Waals surface area contributed by atoms with Crippen molar-refractivity contribution in [1.29, 1.82) is 0 Å². The van der Waals surface area contributed by atoms with E-state index >= 15 is 0 Å². The molecule has 3 nitrogen and oxygen atoms in total. The summed E-state index contributed by atoms with van der Waals surface area (Å²) in [5, 5.41) is 7.23. The van der Waals surface area contributed by atoms with Crippen molar-refractivity contribution < 1.29 is 4.79 Å². The third kappa shape index (κ3) is 3.69. The Morgan fingerprint density at radius 2 is 1.95 bits per heavy atom. The number of carbonyl (C=O) groups is 1. The minimum absolute atomic E-state index is 0.100. The molecule has 110 valence electrons. The zero-order valence-corrected chi connectivity index (χ0v) is 13.3. The molecule has 2 N–H and O–H groups in total. The van der Waals surface area contributed by atoms with E-state index in [1.807, 2.05) is 25.1 Å². The van der Waals surface area contributed by atoms with E-state index in [-0.39, 0.29) is 5.91 Å². The Bertz CT molecular complexity index is 671. The molecule has 0 saturated carbocycles. The van der Waals surface area contributed by atoms with Gasteiger partial charge >= 0.3 is 0 Å². The second-order valence-electron chi connectivity index (χ2n) is 4.65. The molecule has 0 spiro atoms. The highest BCUT2D eigenvalue weighted by Gasteiger charge is 2.10. The lowest BCUT2D eigenvalue weighted by atomic mass is 10.1. The number of halogens is 2. The second-order valence-corrected chi connectivity index (χ2v) is 5.49. The van der Waals surface area contributed by atoms with Gasteiger partial charge in [-0.3, -0.25) is 4.79 Å². The van der Waals surface area contributed by atoms with Gasteiger partial charge in [0.2, 0.25) is 0 Å². The molecule has 0 atom stereocenters. The van der Waals surface area contributed by atoms with Crippen LogP contribution < -0.4 is 10.6 Å². The van der Waals surface area contributed by atoms with E-state index in [1.54, 1.807) is 25.2 Å². The fraction of sp³-hybridized carbons (Fsp3) is 0.188. The number of anilines is 1. The van der Waals surface area contributed by atoms with Crippen LogP contribution in [0.1, 0.15) is 21.5 Å². The summed E-state index contributed by atoms with van der Waals surface area (Å²) in [6, 6.07) is 10.9. The predicted molar refractivity (Wildman–Crippen MR) is 88.4 cm³/mol. The summed E-state index contributed by atoms with van der Waals surface area (Å²) < 4.78 is 0. The lowest BCUT2D eigenvalue weighted by Gasteiger charge is -2.13. The van der Waals surface area contributed by atoms with Gasteiger partial charge in [-0.2, -0.15) is 0 Å². The highest BCUT2D eigenvalue weighted by atomic mass is 35.5. The number of carbonyl (C=O) groups excluding carboxylic acids is 1. The molecule has 0 fully saturated rings. The van der Waals surface area contributed by atoms with Crippen LogP contribution in [-0.4, -0.2) is 13.0 Å². The summed E-state index contributed by atoms with van der Waals surface area (Å²) >= 11 is 12.1. The van der Waals surface area contributed by atoms with Crippen molar-refractivity contribution in [1.82, 2.24) is 5.32 Å². The molecule has 0 saturated heterocycles. The molecule has 1 amide bonds. The van der Waals surface area contributed by atoms with Gasteiger partial charge in [0.25, 0.3) is 5.91 Å². The lowest BCUT2D eigenvalue weighted by molar-refractivity contribution is 0.0962. The van der Waals surface area contributed by atoms with Gasteiger partial charge in [-0.05, 0) is 48.4 Å². The van der Waals surface area contributed by atoms with Gasteiger partial charge in [0, 0.05) is 34.9 Å². The zero-order chi connectivity index (χ0) is 15.4. The maximum Gasteiger partial charge on any atom is 0.251 e. The molecular weight excluding hydrogens is 307 g/mol. The number of amides is 1. The fourth-order valence-corrected chi connectivity index (χ4v) is 2.46. The molecule has 0 aromatic heterocycles. The molecule has 21 heavy (non-hydrogen) atoms. The average molecular weight is 323 g/mol. The van der Waals surface area contributed by atoms with Crippen molar-refractivity contribution in [3.63, 3.8) is 0 Å². The molecule has 0 aliphatic heterocycles. The molecule has 0 radical (unpaired) electrons. The summed E-state index contributed by atoms with van der Waals surface area (Å²) in [6.07, 6.45) is 0. The third-order valence-corrected chi connectivity index (χ3v) is 3.89. The molecule has 0 bridgehead atoms. The summed E-state index contributed by atoms with van der Waals surface area (Å²) in [5.41, 5.74) is 3.36. The highest BCUT2D eigenvalue weighted by Crippen LogP contribution is 2.24. The first-order valence-corrected chi connectivity index (χ1v) is 7.28. The van der Waals surface area contributed by atoms with Gasteiger partial charge in [0.05, 0.1) is 0 Å². The van der Waals surface area contributed by atoms with Crippen molar-refractivity contribution in [2.45, 2.75) is 13.5 Å². The molecule has 0 aliphatic carbocycles. The number of rotatable bonds is 4. The standard InChI is InChI=1S/C16H16Cl2N2O/c1-10-13(16(21)19-2)4-3-5-15(10)20-9-11-8-12(17)6-7-14(11)18/h3-8,20H,9H2,1-2H3,(H,19,21). The first kappa shape index (κ1) is 15.7. The van der Waals surface area contributed by atoms with Gasteiger partial charge in [0.1, 0.15) is 0 Å². The Morgan fingerprint density at radius 1 is 1.19 bits per heavy atom. The Labute approximate surface area is 134 Å². The van der Waals surface area contributed by atoms with E-state index in [1.165, 1.54) is 0 Å². The lowest BCUT2D eigenvalue weighted by Crippen LogP contribution is -2.19. The number of hydrogen-bond acceptors (Lipinski definition) is 2. The fourth-order valence-electron chi connectivity index (χ4n) is 2.08. The Hall–Kier alpha value is -1.71. The van der Waals surface area contributed by atoms with E-state index in [9.17, 15) is 4.79 Å². The van der Waals surface area contributed by atoms with Crippen LogP contribution in [0.25, 0.3) is 0 Å². The van der Waals surface area contributed by atoms with Crippen molar-refractivity contribution in [3.8, 4) is 0 Å². The van der Waals surface area contributed by atoms with Crippen LogP contribution >= 0.6 is 23.2 Å². The van der Waals surface area contributed by atoms with Crippen molar-refractivity contribution in [2.24, 2.45) is 0 Å². The van der Waals surface area contributed by atoms with E-state index in [4.69, 9.17) is 23.2 Å². The quantitative estimate of drug-likeness (QED) is 0.882. The number of benzene rings is 2. The number of nitrogens with one attached hydrogen (secondary N) is 2. The van der Waals surface area contributed by atoms with Crippen molar-refractivity contribution in [3.05, 3.63) is 63.1 Å². The maximum atomic E-state index is 11.8. The Balaban J connectivity index is 2.21. The topological polar surface area (TPSA) is 41.1 Å². The Kier molecular flexibility index (Phi) is 5.10. The summed E-state index contributed by atoms with van der Waals surface area (Å²) in [6.45, 7) is 2.45.